The number of benzene rings is 4. The summed E-state index contributed by atoms with van der Waals surface area (Å²) in [5, 5.41) is 3.76. The Morgan fingerprint density at radius 2 is 1.59 bits per heavy atom. The van der Waals surface area contributed by atoms with E-state index in [9.17, 15) is 17.6 Å². The van der Waals surface area contributed by atoms with E-state index in [4.69, 9.17) is 0 Å². The smallest absolute Gasteiger partial charge is 0.265 e. The molecule has 5 aromatic rings. The largest absolute Gasteiger partial charge is 0.320 e. The van der Waals surface area contributed by atoms with E-state index in [-0.39, 0.29) is 10.8 Å². The number of para-hydroxylation sites is 1. The summed E-state index contributed by atoms with van der Waals surface area (Å²) in [6, 6.07) is 29.2. The molecule has 9 heteroatoms. The highest BCUT2D eigenvalue weighted by molar-refractivity contribution is 7.99. The Labute approximate surface area is 222 Å². The lowest BCUT2D eigenvalue weighted by atomic mass is 10.2. The van der Waals surface area contributed by atoms with Gasteiger partial charge in [-0.05, 0) is 78.2 Å². The number of sulfonamides is 1. The summed E-state index contributed by atoms with van der Waals surface area (Å²) in [6.45, 7) is 0. The standard InChI is InChI=1S/C28H21FN2O3S3/c1-31(37(33,34)23-14-11-20(29)12-15-23)21-13-16-25-19(17-21)18-27(36-25)28(32)30-24-9-5-6-10-26(24)35-22-7-3-2-4-8-22/h2-18H,1H3,(H,30,32). The van der Waals surface area contributed by atoms with E-state index in [1.165, 1.54) is 30.5 Å². The minimum atomic E-state index is -3.87. The van der Waals surface area contributed by atoms with Crippen molar-refractivity contribution in [2.75, 3.05) is 16.7 Å². The number of nitrogens with one attached hydrogen (secondary N) is 1. The van der Waals surface area contributed by atoms with Crippen molar-refractivity contribution in [1.29, 1.82) is 0 Å². The molecule has 5 nitrogen and oxygen atoms in total. The summed E-state index contributed by atoms with van der Waals surface area (Å²) in [6.07, 6.45) is 0. The van der Waals surface area contributed by atoms with Crippen molar-refractivity contribution in [3.05, 3.63) is 114 Å². The monoisotopic (exact) mass is 548 g/mol. The van der Waals surface area contributed by atoms with Crippen LogP contribution >= 0.6 is 23.1 Å². The molecular formula is C28H21FN2O3S3. The van der Waals surface area contributed by atoms with Crippen LogP contribution in [0.25, 0.3) is 10.1 Å². The van der Waals surface area contributed by atoms with Crippen molar-refractivity contribution in [3.8, 4) is 0 Å². The van der Waals surface area contributed by atoms with E-state index < -0.39 is 15.8 Å². The molecule has 1 N–H and O–H groups in total. The van der Waals surface area contributed by atoms with Gasteiger partial charge in [-0.25, -0.2) is 12.8 Å². The molecule has 1 aromatic heterocycles. The third-order valence-corrected chi connectivity index (χ3v) is 9.66. The minimum Gasteiger partial charge on any atom is -0.320 e. The van der Waals surface area contributed by atoms with Crippen LogP contribution < -0.4 is 9.62 Å². The van der Waals surface area contributed by atoms with Crippen LogP contribution in [0.2, 0.25) is 0 Å². The highest BCUT2D eigenvalue weighted by Crippen LogP contribution is 2.35. The molecule has 0 saturated carbocycles. The Hall–Kier alpha value is -3.66. The maximum atomic E-state index is 13.3. The van der Waals surface area contributed by atoms with Gasteiger partial charge in [0.1, 0.15) is 5.82 Å². The average Bonchev–Trinajstić information content (AvgIpc) is 3.34. The number of amides is 1. The van der Waals surface area contributed by atoms with Gasteiger partial charge in [0, 0.05) is 21.5 Å². The molecule has 0 radical (unpaired) electrons. The lowest BCUT2D eigenvalue weighted by molar-refractivity contribution is 0.103. The zero-order chi connectivity index (χ0) is 26.0. The number of rotatable bonds is 7. The fraction of sp³-hybridized carbons (Fsp3) is 0.0357. The second-order valence-electron chi connectivity index (χ2n) is 8.12. The molecule has 0 atom stereocenters. The summed E-state index contributed by atoms with van der Waals surface area (Å²) < 4.78 is 41.3. The number of hydrogen-bond acceptors (Lipinski definition) is 5. The van der Waals surface area contributed by atoms with Crippen molar-refractivity contribution in [3.63, 3.8) is 0 Å². The van der Waals surface area contributed by atoms with Crippen LogP contribution in [-0.2, 0) is 10.0 Å². The summed E-state index contributed by atoms with van der Waals surface area (Å²) in [4.78, 5) is 15.6. The minimum absolute atomic E-state index is 0.00563. The Morgan fingerprint density at radius 1 is 0.892 bits per heavy atom. The summed E-state index contributed by atoms with van der Waals surface area (Å²) in [5.41, 5.74) is 1.15. The summed E-state index contributed by atoms with van der Waals surface area (Å²) in [7, 11) is -2.42. The van der Waals surface area contributed by atoms with E-state index in [2.05, 4.69) is 5.32 Å². The first-order valence-corrected chi connectivity index (χ1v) is 14.3. The van der Waals surface area contributed by atoms with Gasteiger partial charge in [0.25, 0.3) is 15.9 Å². The third-order valence-electron chi connectivity index (χ3n) is 5.67. The molecule has 0 aliphatic carbocycles. The lowest BCUT2D eigenvalue weighted by Crippen LogP contribution is -2.26. The molecule has 0 unspecified atom stereocenters. The topological polar surface area (TPSA) is 66.5 Å². The molecule has 0 spiro atoms. The van der Waals surface area contributed by atoms with Gasteiger partial charge < -0.3 is 5.32 Å². The molecule has 0 aliphatic rings. The maximum Gasteiger partial charge on any atom is 0.265 e. The normalized spacial score (nSPS) is 11.4. The first-order chi connectivity index (χ1) is 17.8. The van der Waals surface area contributed by atoms with E-state index in [1.807, 2.05) is 54.6 Å². The molecule has 0 saturated heterocycles. The molecule has 4 aromatic carbocycles. The van der Waals surface area contributed by atoms with Gasteiger partial charge >= 0.3 is 0 Å². The number of thiophene rings is 1. The van der Waals surface area contributed by atoms with Crippen LogP contribution in [0.1, 0.15) is 9.67 Å². The van der Waals surface area contributed by atoms with E-state index in [0.29, 0.717) is 16.3 Å². The first kappa shape index (κ1) is 25.0. The van der Waals surface area contributed by atoms with Crippen LogP contribution in [0.3, 0.4) is 0 Å². The first-order valence-electron chi connectivity index (χ1n) is 11.2. The van der Waals surface area contributed by atoms with Crippen LogP contribution in [-0.4, -0.2) is 21.4 Å². The number of hydrogen-bond donors (Lipinski definition) is 1. The highest BCUT2D eigenvalue weighted by Gasteiger charge is 2.22. The van der Waals surface area contributed by atoms with Gasteiger partial charge in [-0.1, -0.05) is 42.1 Å². The van der Waals surface area contributed by atoms with Crippen molar-refractivity contribution in [1.82, 2.24) is 0 Å². The quantitative estimate of drug-likeness (QED) is 0.232. The van der Waals surface area contributed by atoms with Crippen molar-refractivity contribution >= 4 is 60.5 Å². The molecule has 1 heterocycles. The number of halogens is 1. The van der Waals surface area contributed by atoms with Gasteiger partial charge in [-0.3, -0.25) is 9.10 Å². The molecule has 5 rings (SSSR count). The van der Waals surface area contributed by atoms with Crippen molar-refractivity contribution in [2.45, 2.75) is 14.7 Å². The van der Waals surface area contributed by atoms with Gasteiger partial charge in [0.15, 0.2) is 0 Å². The average molecular weight is 549 g/mol. The van der Waals surface area contributed by atoms with E-state index in [0.717, 1.165) is 36.3 Å². The fourth-order valence-corrected chi connectivity index (χ4v) is 6.75. The predicted molar refractivity (Wildman–Crippen MR) is 149 cm³/mol. The zero-order valence-electron chi connectivity index (χ0n) is 19.6. The number of fused-ring (bicyclic) bond motifs is 1. The molecule has 0 bridgehead atoms. The van der Waals surface area contributed by atoms with E-state index >= 15 is 0 Å². The van der Waals surface area contributed by atoms with Gasteiger partial charge in [-0.2, -0.15) is 0 Å². The second-order valence-corrected chi connectivity index (χ2v) is 12.3. The van der Waals surface area contributed by atoms with Gasteiger partial charge in [0.05, 0.1) is 21.1 Å². The zero-order valence-corrected chi connectivity index (χ0v) is 22.0. The molecular weight excluding hydrogens is 528 g/mol. The van der Waals surface area contributed by atoms with Crippen LogP contribution in [0, 0.1) is 5.82 Å². The van der Waals surface area contributed by atoms with Crippen LogP contribution in [0.4, 0.5) is 15.8 Å². The predicted octanol–water partition coefficient (Wildman–Crippen LogP) is 7.27. The Kier molecular flexibility index (Phi) is 7.01. The molecule has 186 valence electrons. The Bertz CT molecular complexity index is 1690. The molecule has 1 amide bonds. The molecule has 0 aliphatic heterocycles. The lowest BCUT2D eigenvalue weighted by Gasteiger charge is -2.19. The molecule has 0 fully saturated rings. The van der Waals surface area contributed by atoms with Crippen molar-refractivity contribution < 1.29 is 17.6 Å². The third kappa shape index (κ3) is 5.39. The summed E-state index contributed by atoms with van der Waals surface area (Å²) in [5.74, 6) is -0.746. The Balaban J connectivity index is 1.38. The number of carbonyl (C=O) groups excluding carboxylic acids is 1. The SMILES string of the molecule is CN(c1ccc2sc(C(=O)Nc3ccccc3Sc3ccccc3)cc2c1)S(=O)(=O)c1ccc(F)cc1. The van der Waals surface area contributed by atoms with Crippen LogP contribution in [0.5, 0.6) is 0 Å². The van der Waals surface area contributed by atoms with Crippen LogP contribution in [0.15, 0.2) is 118 Å². The van der Waals surface area contributed by atoms with E-state index in [1.54, 1.807) is 36.0 Å². The van der Waals surface area contributed by atoms with Gasteiger partial charge in [0.2, 0.25) is 0 Å². The number of anilines is 2. The fourth-order valence-electron chi connectivity index (χ4n) is 3.70. The van der Waals surface area contributed by atoms with Crippen molar-refractivity contribution in [2.24, 2.45) is 0 Å². The van der Waals surface area contributed by atoms with Gasteiger partial charge in [-0.15, -0.1) is 11.3 Å². The summed E-state index contributed by atoms with van der Waals surface area (Å²) >= 11 is 2.90. The highest BCUT2D eigenvalue weighted by atomic mass is 32.2. The molecule has 37 heavy (non-hydrogen) atoms. The maximum absolute atomic E-state index is 13.3. The Morgan fingerprint density at radius 3 is 2.35 bits per heavy atom. The number of carbonyl (C=O) groups is 1. The second kappa shape index (κ2) is 10.4. The number of nitrogens with zero attached hydrogens (tertiary/aromatic N) is 1.